The molecular weight excluding hydrogens is 290 g/mol. The van der Waals surface area contributed by atoms with E-state index in [1.807, 2.05) is 6.92 Å². The van der Waals surface area contributed by atoms with Crippen molar-refractivity contribution < 1.29 is 17.9 Å². The van der Waals surface area contributed by atoms with Gasteiger partial charge in [-0.05, 0) is 36.6 Å². The normalized spacial score (nSPS) is 12.8. The number of ether oxygens (including phenoxy) is 1. The average Bonchev–Trinajstić information content (AvgIpc) is 2.13. The van der Waals surface area contributed by atoms with E-state index in [0.29, 0.717) is 12.0 Å². The topological polar surface area (TPSA) is 35.2 Å². The molecule has 1 aromatic carbocycles. The van der Waals surface area contributed by atoms with Crippen molar-refractivity contribution in [1.29, 1.82) is 0 Å². The van der Waals surface area contributed by atoms with E-state index >= 15 is 0 Å². The van der Waals surface area contributed by atoms with Crippen LogP contribution in [0.3, 0.4) is 0 Å². The zero-order valence-corrected chi connectivity index (χ0v) is 11.2. The summed E-state index contributed by atoms with van der Waals surface area (Å²) in [6, 6.07) is 3.90. The summed E-state index contributed by atoms with van der Waals surface area (Å²) in [5.41, 5.74) is 6.36. The van der Waals surface area contributed by atoms with Gasteiger partial charge in [0.05, 0.1) is 0 Å². The van der Waals surface area contributed by atoms with Crippen molar-refractivity contribution in [2.24, 2.45) is 5.73 Å². The minimum absolute atomic E-state index is 0. The molecule has 0 aliphatic rings. The van der Waals surface area contributed by atoms with Gasteiger partial charge in [0.2, 0.25) is 0 Å². The molecule has 7 heteroatoms. The highest BCUT2D eigenvalue weighted by Crippen LogP contribution is 2.27. The number of hydrogen-bond acceptors (Lipinski definition) is 2. The summed E-state index contributed by atoms with van der Waals surface area (Å²) in [5.74, 6) is -0.316. The molecule has 0 bridgehead atoms. The molecule has 18 heavy (non-hydrogen) atoms. The Balaban J connectivity index is 0.00000289. The predicted molar refractivity (Wildman–Crippen MR) is 67.4 cm³/mol. The monoisotopic (exact) mass is 303 g/mol. The van der Waals surface area contributed by atoms with Crippen LogP contribution in [0.4, 0.5) is 13.2 Å². The molecule has 0 fully saturated rings. The van der Waals surface area contributed by atoms with Crippen LogP contribution in [0.5, 0.6) is 5.75 Å². The van der Waals surface area contributed by atoms with E-state index < -0.39 is 6.36 Å². The Bertz CT molecular complexity index is 385. The predicted octanol–water partition coefficient (Wildman–Crippen LogP) is 3.94. The summed E-state index contributed by atoms with van der Waals surface area (Å²) < 4.78 is 39.9. The molecule has 1 atom stereocenters. The fourth-order valence-electron chi connectivity index (χ4n) is 1.38. The van der Waals surface area contributed by atoms with Gasteiger partial charge in [-0.3, -0.25) is 0 Å². The molecular formula is C11H14Cl2F3NO. The van der Waals surface area contributed by atoms with Crippen LogP contribution in [0.1, 0.15) is 18.9 Å². The van der Waals surface area contributed by atoms with Crippen LogP contribution in [-0.4, -0.2) is 12.4 Å². The zero-order chi connectivity index (χ0) is 13.1. The Hall–Kier alpha value is -0.650. The van der Waals surface area contributed by atoms with Crippen molar-refractivity contribution in [3.05, 3.63) is 28.8 Å². The number of halogens is 5. The smallest absolute Gasteiger partial charge is 0.406 e. The highest BCUT2D eigenvalue weighted by molar-refractivity contribution is 6.30. The second-order valence-corrected chi connectivity index (χ2v) is 4.15. The van der Waals surface area contributed by atoms with Crippen molar-refractivity contribution in [3.63, 3.8) is 0 Å². The van der Waals surface area contributed by atoms with Gasteiger partial charge in [0, 0.05) is 11.1 Å². The van der Waals surface area contributed by atoms with Crippen LogP contribution in [0, 0.1) is 0 Å². The van der Waals surface area contributed by atoms with Gasteiger partial charge in [0.1, 0.15) is 5.75 Å². The van der Waals surface area contributed by atoms with Crippen molar-refractivity contribution in [2.45, 2.75) is 32.2 Å². The number of hydrogen-bond donors (Lipinski definition) is 1. The van der Waals surface area contributed by atoms with Gasteiger partial charge in [0.25, 0.3) is 0 Å². The van der Waals surface area contributed by atoms with Crippen molar-refractivity contribution in [1.82, 2.24) is 0 Å². The fourth-order valence-corrected chi connectivity index (χ4v) is 1.63. The molecule has 2 N–H and O–H groups in total. The van der Waals surface area contributed by atoms with Crippen LogP contribution in [0.25, 0.3) is 0 Å². The van der Waals surface area contributed by atoms with Gasteiger partial charge < -0.3 is 10.5 Å². The summed E-state index contributed by atoms with van der Waals surface area (Å²) >= 11 is 5.72. The molecule has 0 aliphatic heterocycles. The first-order valence-electron chi connectivity index (χ1n) is 5.11. The van der Waals surface area contributed by atoms with Crippen LogP contribution in [0.15, 0.2) is 18.2 Å². The van der Waals surface area contributed by atoms with E-state index in [4.69, 9.17) is 17.3 Å². The maximum absolute atomic E-state index is 12.0. The Kier molecular flexibility index (Phi) is 6.81. The summed E-state index contributed by atoms with van der Waals surface area (Å²) in [6.45, 7) is 1.91. The van der Waals surface area contributed by atoms with E-state index in [9.17, 15) is 13.2 Å². The SMILES string of the molecule is CCC(N)Cc1cc(Cl)cc(OC(F)(F)F)c1.Cl. The molecule has 0 spiro atoms. The van der Waals surface area contributed by atoms with E-state index in [-0.39, 0.29) is 29.2 Å². The average molecular weight is 304 g/mol. The number of nitrogens with two attached hydrogens (primary N) is 1. The largest absolute Gasteiger partial charge is 0.573 e. The molecule has 0 amide bonds. The van der Waals surface area contributed by atoms with Crippen LogP contribution >= 0.6 is 24.0 Å². The third-order valence-electron chi connectivity index (χ3n) is 2.19. The summed E-state index contributed by atoms with van der Waals surface area (Å²) in [7, 11) is 0. The summed E-state index contributed by atoms with van der Waals surface area (Å²) in [6.07, 6.45) is -3.51. The molecule has 2 nitrogen and oxygen atoms in total. The lowest BCUT2D eigenvalue weighted by Crippen LogP contribution is -2.21. The second kappa shape index (κ2) is 7.07. The molecule has 104 valence electrons. The standard InChI is InChI=1S/C11H13ClF3NO.ClH/c1-2-9(16)4-7-3-8(12)6-10(5-7)17-11(13,14)15;/h3,5-6,9H,2,4,16H2,1H3;1H. The Labute approximate surface area is 115 Å². The van der Waals surface area contributed by atoms with E-state index in [2.05, 4.69) is 4.74 Å². The first kappa shape index (κ1) is 17.4. The van der Waals surface area contributed by atoms with E-state index in [1.165, 1.54) is 6.07 Å². The summed E-state index contributed by atoms with van der Waals surface area (Å²) in [5, 5.41) is 0.199. The van der Waals surface area contributed by atoms with Gasteiger partial charge in [-0.1, -0.05) is 18.5 Å². The summed E-state index contributed by atoms with van der Waals surface area (Å²) in [4.78, 5) is 0. The number of benzene rings is 1. The number of rotatable bonds is 4. The van der Waals surface area contributed by atoms with Crippen LogP contribution < -0.4 is 10.5 Å². The first-order chi connectivity index (χ1) is 7.80. The van der Waals surface area contributed by atoms with Gasteiger partial charge >= 0.3 is 6.36 Å². The Morgan fingerprint density at radius 3 is 2.44 bits per heavy atom. The van der Waals surface area contributed by atoms with E-state index in [0.717, 1.165) is 12.5 Å². The van der Waals surface area contributed by atoms with Crippen LogP contribution in [0.2, 0.25) is 5.02 Å². The van der Waals surface area contributed by atoms with E-state index in [1.54, 1.807) is 6.07 Å². The number of alkyl halides is 3. The van der Waals surface area contributed by atoms with Crippen molar-refractivity contribution >= 4 is 24.0 Å². The molecule has 0 saturated heterocycles. The zero-order valence-electron chi connectivity index (χ0n) is 9.63. The van der Waals surface area contributed by atoms with Crippen molar-refractivity contribution in [3.8, 4) is 5.75 Å². The maximum atomic E-state index is 12.0. The molecule has 1 aromatic rings. The molecule has 0 saturated carbocycles. The highest BCUT2D eigenvalue weighted by atomic mass is 35.5. The third-order valence-corrected chi connectivity index (χ3v) is 2.41. The quantitative estimate of drug-likeness (QED) is 0.914. The minimum atomic E-state index is -4.71. The highest BCUT2D eigenvalue weighted by Gasteiger charge is 2.31. The molecule has 1 unspecified atom stereocenters. The molecule has 0 aromatic heterocycles. The van der Waals surface area contributed by atoms with Crippen LogP contribution in [-0.2, 0) is 6.42 Å². The third kappa shape index (κ3) is 6.33. The molecule has 1 rings (SSSR count). The van der Waals surface area contributed by atoms with Gasteiger partial charge in [0.15, 0.2) is 0 Å². The molecule has 0 heterocycles. The van der Waals surface area contributed by atoms with Gasteiger partial charge in [-0.2, -0.15) is 0 Å². The van der Waals surface area contributed by atoms with Gasteiger partial charge in [-0.25, -0.2) is 0 Å². The lowest BCUT2D eigenvalue weighted by molar-refractivity contribution is -0.274. The molecule has 0 aliphatic carbocycles. The minimum Gasteiger partial charge on any atom is -0.406 e. The van der Waals surface area contributed by atoms with Gasteiger partial charge in [-0.15, -0.1) is 25.6 Å². The lowest BCUT2D eigenvalue weighted by atomic mass is 10.0. The Morgan fingerprint density at radius 2 is 1.94 bits per heavy atom. The maximum Gasteiger partial charge on any atom is 0.573 e. The molecule has 0 radical (unpaired) electrons. The first-order valence-corrected chi connectivity index (χ1v) is 5.48. The fraction of sp³-hybridized carbons (Fsp3) is 0.455. The van der Waals surface area contributed by atoms with Crippen molar-refractivity contribution in [2.75, 3.05) is 0 Å². The second-order valence-electron chi connectivity index (χ2n) is 3.72. The Morgan fingerprint density at radius 1 is 1.33 bits per heavy atom. The lowest BCUT2D eigenvalue weighted by Gasteiger charge is -2.13.